The van der Waals surface area contributed by atoms with Gasteiger partial charge in [0, 0.05) is 23.5 Å². The van der Waals surface area contributed by atoms with E-state index in [-0.39, 0.29) is 11.9 Å². The zero-order chi connectivity index (χ0) is 20.4. The van der Waals surface area contributed by atoms with Crippen LogP contribution in [0.25, 0.3) is 0 Å². The quantitative estimate of drug-likeness (QED) is 0.656. The molecule has 0 bridgehead atoms. The van der Waals surface area contributed by atoms with E-state index in [1.54, 1.807) is 19.2 Å². The number of carbonyl (C=O) groups excluding carboxylic acids is 1. The van der Waals surface area contributed by atoms with Crippen LogP contribution >= 0.6 is 0 Å². The summed E-state index contributed by atoms with van der Waals surface area (Å²) in [6, 6.07) is 21.2. The molecule has 5 nitrogen and oxygen atoms in total. The van der Waals surface area contributed by atoms with Gasteiger partial charge in [-0.3, -0.25) is 4.79 Å². The molecule has 1 atom stereocenters. The topological polar surface area (TPSA) is 64.8 Å². The van der Waals surface area contributed by atoms with E-state index in [4.69, 9.17) is 15.2 Å². The molecule has 3 aromatic rings. The third kappa shape index (κ3) is 3.63. The number of benzene rings is 3. The predicted molar refractivity (Wildman–Crippen MR) is 115 cm³/mol. The SMILES string of the molecule is COc1cc(C(=O)N2c3ccccc3CC2C)c(N)cc1OCc1ccccc1. The highest BCUT2D eigenvalue weighted by Crippen LogP contribution is 2.37. The molecular formula is C24H24N2O3. The first-order valence-corrected chi connectivity index (χ1v) is 9.64. The summed E-state index contributed by atoms with van der Waals surface area (Å²) in [5.74, 6) is 0.867. The lowest BCUT2D eigenvalue weighted by molar-refractivity contribution is 0.0982. The van der Waals surface area contributed by atoms with Crippen LogP contribution in [0.15, 0.2) is 66.7 Å². The molecule has 1 unspecified atom stereocenters. The van der Waals surface area contributed by atoms with Crippen molar-refractivity contribution in [1.82, 2.24) is 0 Å². The van der Waals surface area contributed by atoms with Gasteiger partial charge in [0.1, 0.15) is 6.61 Å². The van der Waals surface area contributed by atoms with E-state index in [9.17, 15) is 4.79 Å². The van der Waals surface area contributed by atoms with Gasteiger partial charge in [-0.15, -0.1) is 0 Å². The van der Waals surface area contributed by atoms with E-state index in [2.05, 4.69) is 6.07 Å². The molecule has 0 spiro atoms. The number of anilines is 2. The lowest BCUT2D eigenvalue weighted by Crippen LogP contribution is -2.36. The molecule has 1 heterocycles. The first-order valence-electron chi connectivity index (χ1n) is 9.64. The average molecular weight is 388 g/mol. The van der Waals surface area contributed by atoms with Gasteiger partial charge in [-0.05, 0) is 36.6 Å². The van der Waals surface area contributed by atoms with Gasteiger partial charge in [-0.2, -0.15) is 0 Å². The number of carbonyl (C=O) groups is 1. The van der Waals surface area contributed by atoms with Crippen molar-refractivity contribution in [2.75, 3.05) is 17.7 Å². The zero-order valence-corrected chi connectivity index (χ0v) is 16.6. The summed E-state index contributed by atoms with van der Waals surface area (Å²) in [6.07, 6.45) is 0.831. The maximum absolute atomic E-state index is 13.3. The monoisotopic (exact) mass is 388 g/mol. The van der Waals surface area contributed by atoms with Gasteiger partial charge in [0.25, 0.3) is 5.91 Å². The standard InChI is InChI=1S/C24H24N2O3/c1-16-12-18-10-6-7-11-21(18)26(16)24(27)19-13-22(28-2)23(14-20(19)25)29-15-17-8-4-3-5-9-17/h3-11,13-14,16H,12,15,25H2,1-2H3. The molecule has 29 heavy (non-hydrogen) atoms. The molecule has 1 aliphatic rings. The number of para-hydroxylation sites is 1. The van der Waals surface area contributed by atoms with Crippen LogP contribution in [0.1, 0.15) is 28.4 Å². The van der Waals surface area contributed by atoms with E-state index in [1.807, 2.05) is 60.4 Å². The minimum atomic E-state index is -0.132. The number of nitrogens with two attached hydrogens (primary N) is 1. The summed E-state index contributed by atoms with van der Waals surface area (Å²) in [6.45, 7) is 2.43. The Morgan fingerprint density at radius 1 is 1.07 bits per heavy atom. The van der Waals surface area contributed by atoms with E-state index in [0.717, 1.165) is 17.7 Å². The molecule has 4 rings (SSSR count). The summed E-state index contributed by atoms with van der Waals surface area (Å²) < 4.78 is 11.4. The van der Waals surface area contributed by atoms with Crippen LogP contribution in [0.2, 0.25) is 0 Å². The number of nitrogen functional groups attached to an aromatic ring is 1. The maximum atomic E-state index is 13.3. The third-order valence-electron chi connectivity index (χ3n) is 5.23. The highest BCUT2D eigenvalue weighted by molar-refractivity contribution is 6.11. The summed E-state index contributed by atoms with van der Waals surface area (Å²) in [7, 11) is 1.56. The lowest BCUT2D eigenvalue weighted by atomic mass is 10.1. The second-order valence-electron chi connectivity index (χ2n) is 7.22. The van der Waals surface area contributed by atoms with Crippen LogP contribution in [-0.4, -0.2) is 19.1 Å². The Hall–Kier alpha value is -3.47. The predicted octanol–water partition coefficient (Wildman–Crippen LogP) is 4.45. The molecule has 1 aliphatic heterocycles. The van der Waals surface area contributed by atoms with Crippen LogP contribution in [0, 0.1) is 0 Å². The Labute approximate surface area is 170 Å². The average Bonchev–Trinajstić information content (AvgIpc) is 3.08. The minimum Gasteiger partial charge on any atom is -0.493 e. The molecular weight excluding hydrogens is 364 g/mol. The van der Waals surface area contributed by atoms with Crippen molar-refractivity contribution in [2.45, 2.75) is 26.0 Å². The van der Waals surface area contributed by atoms with Crippen molar-refractivity contribution in [3.63, 3.8) is 0 Å². The van der Waals surface area contributed by atoms with Gasteiger partial charge >= 0.3 is 0 Å². The maximum Gasteiger partial charge on any atom is 0.260 e. The summed E-state index contributed by atoms with van der Waals surface area (Å²) in [5, 5.41) is 0. The fourth-order valence-electron chi connectivity index (χ4n) is 3.77. The Morgan fingerprint density at radius 3 is 2.55 bits per heavy atom. The largest absolute Gasteiger partial charge is 0.493 e. The highest BCUT2D eigenvalue weighted by Gasteiger charge is 2.32. The second-order valence-corrected chi connectivity index (χ2v) is 7.22. The van der Waals surface area contributed by atoms with E-state index >= 15 is 0 Å². The van der Waals surface area contributed by atoms with Gasteiger partial charge in [0.05, 0.1) is 12.7 Å². The van der Waals surface area contributed by atoms with Crippen LogP contribution in [0.4, 0.5) is 11.4 Å². The van der Waals surface area contributed by atoms with Gasteiger partial charge in [-0.25, -0.2) is 0 Å². The molecule has 1 amide bonds. The number of hydrogen-bond acceptors (Lipinski definition) is 4. The Bertz CT molecular complexity index is 1030. The number of nitrogens with zero attached hydrogens (tertiary/aromatic N) is 1. The number of amides is 1. The summed E-state index contributed by atoms with van der Waals surface area (Å²) in [4.78, 5) is 15.2. The number of rotatable bonds is 5. The Morgan fingerprint density at radius 2 is 1.79 bits per heavy atom. The minimum absolute atomic E-state index is 0.0688. The first kappa shape index (κ1) is 18.9. The zero-order valence-electron chi connectivity index (χ0n) is 16.6. The lowest BCUT2D eigenvalue weighted by Gasteiger charge is -2.24. The third-order valence-corrected chi connectivity index (χ3v) is 5.23. The van der Waals surface area contributed by atoms with E-state index in [1.165, 1.54) is 5.56 Å². The molecule has 0 fully saturated rings. The molecule has 3 aromatic carbocycles. The van der Waals surface area contributed by atoms with Crippen LogP contribution in [0.5, 0.6) is 11.5 Å². The van der Waals surface area contributed by atoms with Crippen molar-refractivity contribution in [3.8, 4) is 11.5 Å². The van der Waals surface area contributed by atoms with Gasteiger partial charge in [0.2, 0.25) is 0 Å². The molecule has 5 heteroatoms. The molecule has 0 aliphatic carbocycles. The highest BCUT2D eigenvalue weighted by atomic mass is 16.5. The summed E-state index contributed by atoms with van der Waals surface area (Å²) in [5.41, 5.74) is 10.2. The fraction of sp³-hybridized carbons (Fsp3) is 0.208. The van der Waals surface area contributed by atoms with Gasteiger partial charge < -0.3 is 20.1 Å². The number of hydrogen-bond donors (Lipinski definition) is 1. The number of fused-ring (bicyclic) bond motifs is 1. The van der Waals surface area contributed by atoms with Crippen molar-refractivity contribution in [3.05, 3.63) is 83.4 Å². The number of ether oxygens (including phenoxy) is 2. The van der Waals surface area contributed by atoms with Crippen molar-refractivity contribution >= 4 is 17.3 Å². The summed E-state index contributed by atoms with van der Waals surface area (Å²) >= 11 is 0. The number of methoxy groups -OCH3 is 1. The van der Waals surface area contributed by atoms with E-state index < -0.39 is 0 Å². The van der Waals surface area contributed by atoms with E-state index in [0.29, 0.717) is 29.4 Å². The van der Waals surface area contributed by atoms with Gasteiger partial charge in [-0.1, -0.05) is 48.5 Å². The second kappa shape index (κ2) is 7.87. The Balaban J connectivity index is 1.62. The van der Waals surface area contributed by atoms with Crippen molar-refractivity contribution in [2.24, 2.45) is 0 Å². The van der Waals surface area contributed by atoms with Crippen LogP contribution in [-0.2, 0) is 13.0 Å². The van der Waals surface area contributed by atoms with Gasteiger partial charge in [0.15, 0.2) is 11.5 Å². The smallest absolute Gasteiger partial charge is 0.260 e. The normalized spacial score (nSPS) is 15.1. The fourth-order valence-corrected chi connectivity index (χ4v) is 3.77. The molecule has 0 aromatic heterocycles. The Kier molecular flexibility index (Phi) is 5.12. The molecule has 2 N–H and O–H groups in total. The van der Waals surface area contributed by atoms with Crippen LogP contribution < -0.4 is 20.1 Å². The first-order chi connectivity index (χ1) is 14.1. The van der Waals surface area contributed by atoms with Crippen LogP contribution in [0.3, 0.4) is 0 Å². The molecule has 148 valence electrons. The molecule has 0 saturated heterocycles. The molecule has 0 saturated carbocycles. The van der Waals surface area contributed by atoms with Crippen molar-refractivity contribution < 1.29 is 14.3 Å². The van der Waals surface area contributed by atoms with Crippen molar-refractivity contribution in [1.29, 1.82) is 0 Å². The molecule has 0 radical (unpaired) electrons.